The molecule has 0 aliphatic heterocycles. The summed E-state index contributed by atoms with van der Waals surface area (Å²) in [6.07, 6.45) is 9.04. The molecular weight excluding hydrogens is 453 g/mol. The first-order valence-electron chi connectivity index (χ1n) is 11.4. The number of ether oxygens (including phenoxy) is 2. The zero-order chi connectivity index (χ0) is 21.0. The van der Waals surface area contributed by atoms with Gasteiger partial charge in [-0.25, -0.2) is 0 Å². The summed E-state index contributed by atoms with van der Waals surface area (Å²) < 4.78 is 17.8. The summed E-state index contributed by atoms with van der Waals surface area (Å²) in [5.41, 5.74) is 1.53. The fourth-order valence-corrected chi connectivity index (χ4v) is 22.1. The second-order valence-corrected chi connectivity index (χ2v) is 21.5. The molecule has 1 rings (SSSR count). The number of likely N-dealkylation sites (N-methyl/N-ethyl adjacent to an activating group) is 1. The zero-order valence-electron chi connectivity index (χ0n) is 19.7. The van der Waals surface area contributed by atoms with Gasteiger partial charge in [0.2, 0.25) is 0 Å². The summed E-state index contributed by atoms with van der Waals surface area (Å²) in [7, 11) is 7.96. The van der Waals surface area contributed by atoms with Gasteiger partial charge in [0.1, 0.15) is 0 Å². The van der Waals surface area contributed by atoms with Crippen molar-refractivity contribution in [3.63, 3.8) is 0 Å². The van der Waals surface area contributed by atoms with Crippen molar-refractivity contribution in [2.45, 2.75) is 79.0 Å². The minimum atomic E-state index is -2.65. The van der Waals surface area contributed by atoms with E-state index in [4.69, 9.17) is 9.47 Å². The van der Waals surface area contributed by atoms with Crippen LogP contribution < -0.4 is 13.1 Å². The fraction of sp³-hybridized carbons (Fsp3) is 0.750. The Morgan fingerprint density at radius 1 is 0.821 bits per heavy atom. The molecular formula is C24H45NO2Sn. The van der Waals surface area contributed by atoms with Crippen molar-refractivity contribution in [2.75, 3.05) is 34.9 Å². The molecule has 0 radical (unpaired) electrons. The van der Waals surface area contributed by atoms with Crippen LogP contribution in [0.15, 0.2) is 12.1 Å². The van der Waals surface area contributed by atoms with Crippen molar-refractivity contribution < 1.29 is 9.47 Å². The Morgan fingerprint density at radius 3 is 1.75 bits per heavy atom. The first kappa shape index (κ1) is 25.6. The van der Waals surface area contributed by atoms with Crippen LogP contribution in [0.5, 0.6) is 11.5 Å². The molecule has 4 heteroatoms. The Kier molecular flexibility index (Phi) is 12.6. The summed E-state index contributed by atoms with van der Waals surface area (Å²) in [5, 5.41) is 0. The number of nitrogens with zero attached hydrogens (tertiary/aromatic N) is 1. The Labute approximate surface area is 179 Å². The molecule has 0 aliphatic carbocycles. The van der Waals surface area contributed by atoms with Crippen LogP contribution in [0.1, 0.15) is 64.9 Å². The SMILES string of the molecule is CCC[CH2][Sn]([CH2]CCC)([CH2]CCC)[c]1c(CCN(C)C)ccc(OC)c1OC. The third kappa shape index (κ3) is 7.12. The van der Waals surface area contributed by atoms with Gasteiger partial charge in [-0.15, -0.1) is 0 Å². The van der Waals surface area contributed by atoms with Crippen LogP contribution in [0.3, 0.4) is 0 Å². The van der Waals surface area contributed by atoms with E-state index in [1.807, 2.05) is 7.11 Å². The molecule has 1 aromatic carbocycles. The van der Waals surface area contributed by atoms with Crippen molar-refractivity contribution in [2.24, 2.45) is 0 Å². The van der Waals surface area contributed by atoms with E-state index in [2.05, 4.69) is 51.9 Å². The predicted molar refractivity (Wildman–Crippen MR) is 126 cm³/mol. The maximum atomic E-state index is 6.07. The van der Waals surface area contributed by atoms with Gasteiger partial charge in [-0.05, 0) is 0 Å². The van der Waals surface area contributed by atoms with E-state index in [-0.39, 0.29) is 0 Å². The molecule has 0 aliphatic rings. The molecule has 0 amide bonds. The summed E-state index contributed by atoms with van der Waals surface area (Å²) in [6.45, 7) is 8.10. The number of methoxy groups -OCH3 is 2. The quantitative estimate of drug-likeness (QED) is 0.283. The van der Waals surface area contributed by atoms with E-state index in [0.717, 1.165) is 24.5 Å². The fourth-order valence-electron chi connectivity index (χ4n) is 4.40. The molecule has 3 nitrogen and oxygen atoms in total. The van der Waals surface area contributed by atoms with Crippen molar-refractivity contribution in [1.29, 1.82) is 0 Å². The van der Waals surface area contributed by atoms with Gasteiger partial charge in [0.15, 0.2) is 0 Å². The van der Waals surface area contributed by atoms with Crippen molar-refractivity contribution in [3.05, 3.63) is 17.7 Å². The molecule has 0 bridgehead atoms. The van der Waals surface area contributed by atoms with Crippen LogP contribution in [-0.4, -0.2) is 58.1 Å². The minimum absolute atomic E-state index is 0.927. The van der Waals surface area contributed by atoms with E-state index in [0.29, 0.717) is 0 Å². The van der Waals surface area contributed by atoms with E-state index >= 15 is 0 Å². The van der Waals surface area contributed by atoms with E-state index in [1.165, 1.54) is 57.4 Å². The van der Waals surface area contributed by atoms with Crippen LogP contribution >= 0.6 is 0 Å². The molecule has 0 saturated heterocycles. The standard InChI is InChI=1S/C12H18NO2.3C4H9.Sn/c1-13(2)8-7-10-5-6-11(14-3)12(9-10)15-4;3*1-3-4-2;/h5-6H,7-8H2,1-4H3;3*1,3-4H2,2H3;. The summed E-state index contributed by atoms with van der Waals surface area (Å²) in [4.78, 5) is 2.29. The summed E-state index contributed by atoms with van der Waals surface area (Å²) in [6, 6.07) is 4.47. The second kappa shape index (κ2) is 13.7. The van der Waals surface area contributed by atoms with Gasteiger partial charge >= 0.3 is 179 Å². The topological polar surface area (TPSA) is 21.7 Å². The molecule has 0 heterocycles. The first-order chi connectivity index (χ1) is 13.5. The molecule has 0 fully saturated rings. The van der Waals surface area contributed by atoms with Crippen molar-refractivity contribution in [1.82, 2.24) is 4.90 Å². The average molecular weight is 498 g/mol. The number of rotatable bonds is 15. The van der Waals surface area contributed by atoms with Gasteiger partial charge in [-0.3, -0.25) is 0 Å². The predicted octanol–water partition coefficient (Wildman–Crippen LogP) is 5.86. The molecule has 0 unspecified atom stereocenters. The van der Waals surface area contributed by atoms with Gasteiger partial charge in [0.05, 0.1) is 0 Å². The summed E-state index contributed by atoms with van der Waals surface area (Å²) in [5.74, 6) is 1.99. The molecule has 0 atom stereocenters. The molecule has 28 heavy (non-hydrogen) atoms. The van der Waals surface area contributed by atoms with Crippen molar-refractivity contribution >= 4 is 22.0 Å². The van der Waals surface area contributed by atoms with Gasteiger partial charge < -0.3 is 0 Å². The average Bonchev–Trinajstić information content (AvgIpc) is 2.71. The third-order valence-corrected chi connectivity index (χ3v) is 21.8. The number of unbranched alkanes of at least 4 members (excludes halogenated alkanes) is 3. The van der Waals surface area contributed by atoms with Gasteiger partial charge in [-0.2, -0.15) is 0 Å². The van der Waals surface area contributed by atoms with Gasteiger partial charge in [0.25, 0.3) is 0 Å². The van der Waals surface area contributed by atoms with Gasteiger partial charge in [-0.1, -0.05) is 0 Å². The molecule has 0 aromatic heterocycles. The first-order valence-corrected chi connectivity index (χ1v) is 18.9. The van der Waals surface area contributed by atoms with Crippen molar-refractivity contribution in [3.8, 4) is 11.5 Å². The maximum absolute atomic E-state index is 6.07. The van der Waals surface area contributed by atoms with Crippen LogP contribution in [0.2, 0.25) is 13.3 Å². The molecule has 162 valence electrons. The molecule has 1 aromatic rings. The Hall–Kier alpha value is -0.421. The Bertz CT molecular complexity index is 538. The number of hydrogen-bond donors (Lipinski definition) is 0. The Balaban J connectivity index is 3.62. The normalized spacial score (nSPS) is 11.9. The number of benzene rings is 1. The van der Waals surface area contributed by atoms with Crippen LogP contribution in [0, 0.1) is 0 Å². The summed E-state index contributed by atoms with van der Waals surface area (Å²) >= 11 is -2.65. The number of hydrogen-bond acceptors (Lipinski definition) is 3. The zero-order valence-corrected chi connectivity index (χ0v) is 22.6. The monoisotopic (exact) mass is 499 g/mol. The van der Waals surface area contributed by atoms with Crippen LogP contribution in [0.25, 0.3) is 0 Å². The third-order valence-electron chi connectivity index (χ3n) is 6.02. The molecule has 0 saturated carbocycles. The van der Waals surface area contributed by atoms with E-state index < -0.39 is 18.4 Å². The van der Waals surface area contributed by atoms with Crippen LogP contribution in [-0.2, 0) is 6.42 Å². The Morgan fingerprint density at radius 2 is 1.36 bits per heavy atom. The molecule has 0 spiro atoms. The second-order valence-electron chi connectivity index (χ2n) is 8.48. The van der Waals surface area contributed by atoms with E-state index in [9.17, 15) is 0 Å². The van der Waals surface area contributed by atoms with Crippen LogP contribution in [0.4, 0.5) is 0 Å². The van der Waals surface area contributed by atoms with Gasteiger partial charge in [0, 0.05) is 0 Å². The molecule has 0 N–H and O–H groups in total. The van der Waals surface area contributed by atoms with E-state index in [1.54, 1.807) is 10.7 Å².